The van der Waals surface area contributed by atoms with Crippen molar-refractivity contribution in [1.82, 2.24) is 9.80 Å². The fourth-order valence-electron chi connectivity index (χ4n) is 2.95. The minimum atomic E-state index is -0.840. The summed E-state index contributed by atoms with van der Waals surface area (Å²) in [6.07, 6.45) is -0.0321. The van der Waals surface area contributed by atoms with Gasteiger partial charge in [0, 0.05) is 25.4 Å². The highest BCUT2D eigenvalue weighted by molar-refractivity contribution is 8.13. The van der Waals surface area contributed by atoms with Crippen LogP contribution in [0.15, 0.2) is 24.3 Å². The summed E-state index contributed by atoms with van der Waals surface area (Å²) in [5.41, 5.74) is 2.39. The van der Waals surface area contributed by atoms with E-state index in [2.05, 4.69) is 6.07 Å². The summed E-state index contributed by atoms with van der Waals surface area (Å²) in [6, 6.07) is 8.05. The highest BCUT2D eigenvalue weighted by Gasteiger charge is 2.29. The predicted octanol–water partition coefficient (Wildman–Crippen LogP) is 1.67. The molecule has 2 aliphatic rings. The Bertz CT molecular complexity index is 664. The number of hydrogen-bond donors (Lipinski definition) is 0. The number of hydrogen-bond acceptors (Lipinski definition) is 5. The molecule has 0 radical (unpaired) electrons. The Morgan fingerprint density at radius 2 is 2.00 bits per heavy atom. The van der Waals surface area contributed by atoms with Crippen LogP contribution in [0, 0.1) is 0 Å². The predicted molar refractivity (Wildman–Crippen MR) is 90.5 cm³/mol. The van der Waals surface area contributed by atoms with E-state index in [0.717, 1.165) is 12.0 Å². The molecule has 0 aromatic heterocycles. The molecule has 2 amide bonds. The first-order valence-corrected chi connectivity index (χ1v) is 9.00. The first kappa shape index (κ1) is 16.8. The van der Waals surface area contributed by atoms with Gasteiger partial charge in [0.15, 0.2) is 6.10 Å². The summed E-state index contributed by atoms with van der Waals surface area (Å²) < 4.78 is 5.23. The van der Waals surface area contributed by atoms with Gasteiger partial charge >= 0.3 is 5.97 Å². The third kappa shape index (κ3) is 3.72. The van der Waals surface area contributed by atoms with Crippen LogP contribution >= 0.6 is 11.8 Å². The summed E-state index contributed by atoms with van der Waals surface area (Å²) in [5, 5.41) is -0.112. The van der Waals surface area contributed by atoms with Crippen molar-refractivity contribution in [3.05, 3.63) is 35.4 Å². The van der Waals surface area contributed by atoms with E-state index in [0.29, 0.717) is 25.4 Å². The number of thioether (sulfide) groups is 1. The van der Waals surface area contributed by atoms with Crippen molar-refractivity contribution in [1.29, 1.82) is 0 Å². The Balaban J connectivity index is 1.53. The zero-order valence-corrected chi connectivity index (χ0v) is 14.4. The maximum absolute atomic E-state index is 12.5. The minimum Gasteiger partial charge on any atom is -0.451 e. The Hall–Kier alpha value is -2.02. The zero-order chi connectivity index (χ0) is 17.1. The number of esters is 1. The van der Waals surface area contributed by atoms with E-state index in [4.69, 9.17) is 4.74 Å². The molecular formula is C17H20N2O4S. The summed E-state index contributed by atoms with van der Waals surface area (Å²) in [4.78, 5) is 39.1. The van der Waals surface area contributed by atoms with Crippen molar-refractivity contribution in [2.75, 3.05) is 25.4 Å². The molecule has 0 bridgehead atoms. The third-order valence-electron chi connectivity index (χ3n) is 4.26. The molecule has 0 aliphatic carbocycles. The summed E-state index contributed by atoms with van der Waals surface area (Å²) in [7, 11) is 0. The molecule has 24 heavy (non-hydrogen) atoms. The molecule has 1 saturated heterocycles. The third-order valence-corrected chi connectivity index (χ3v) is 5.16. The van der Waals surface area contributed by atoms with Crippen LogP contribution in [-0.2, 0) is 27.3 Å². The number of benzene rings is 1. The van der Waals surface area contributed by atoms with Crippen LogP contribution in [0.25, 0.3) is 0 Å². The lowest BCUT2D eigenvalue weighted by atomic mass is 9.99. The molecule has 2 heterocycles. The Labute approximate surface area is 145 Å². The minimum absolute atomic E-state index is 0.0910. The van der Waals surface area contributed by atoms with E-state index in [1.807, 2.05) is 18.2 Å². The van der Waals surface area contributed by atoms with Gasteiger partial charge < -0.3 is 14.5 Å². The molecule has 0 unspecified atom stereocenters. The average Bonchev–Trinajstić information content (AvgIpc) is 2.98. The van der Waals surface area contributed by atoms with E-state index in [1.165, 1.54) is 22.2 Å². The zero-order valence-electron chi connectivity index (χ0n) is 13.6. The topological polar surface area (TPSA) is 66.9 Å². The number of ether oxygens (including phenoxy) is 1. The van der Waals surface area contributed by atoms with Gasteiger partial charge in [0.2, 0.25) is 0 Å². The van der Waals surface area contributed by atoms with E-state index in [9.17, 15) is 14.4 Å². The van der Waals surface area contributed by atoms with Crippen LogP contribution in [0.4, 0.5) is 4.79 Å². The lowest BCUT2D eigenvalue weighted by Gasteiger charge is -2.30. The van der Waals surface area contributed by atoms with Crippen LogP contribution in [0.1, 0.15) is 18.1 Å². The SMILES string of the molecule is C[C@H](OC(=O)CN1CCSC1=O)C(=O)N1CCc2ccccc2C1. The Kier molecular flexibility index (Phi) is 5.08. The van der Waals surface area contributed by atoms with Crippen molar-refractivity contribution in [2.45, 2.75) is 26.0 Å². The molecule has 1 fully saturated rings. The highest BCUT2D eigenvalue weighted by Crippen LogP contribution is 2.20. The number of fused-ring (bicyclic) bond motifs is 1. The van der Waals surface area contributed by atoms with Gasteiger partial charge in [0.1, 0.15) is 6.54 Å². The van der Waals surface area contributed by atoms with E-state index >= 15 is 0 Å². The number of rotatable bonds is 4. The van der Waals surface area contributed by atoms with Crippen LogP contribution in [-0.4, -0.2) is 58.4 Å². The number of carbonyl (C=O) groups excluding carboxylic acids is 3. The molecule has 7 heteroatoms. The van der Waals surface area contributed by atoms with E-state index in [-0.39, 0.29) is 17.7 Å². The monoisotopic (exact) mass is 348 g/mol. The maximum Gasteiger partial charge on any atom is 0.326 e. The molecule has 3 rings (SSSR count). The van der Waals surface area contributed by atoms with Crippen molar-refractivity contribution in [3.8, 4) is 0 Å². The van der Waals surface area contributed by atoms with Gasteiger partial charge in [-0.3, -0.25) is 14.4 Å². The number of carbonyl (C=O) groups is 3. The largest absolute Gasteiger partial charge is 0.451 e. The summed E-state index contributed by atoms with van der Waals surface area (Å²) >= 11 is 1.19. The molecule has 1 atom stereocenters. The van der Waals surface area contributed by atoms with Gasteiger partial charge in [0.05, 0.1) is 0 Å². The maximum atomic E-state index is 12.5. The first-order chi connectivity index (χ1) is 11.5. The highest BCUT2D eigenvalue weighted by atomic mass is 32.2. The first-order valence-electron chi connectivity index (χ1n) is 8.01. The lowest BCUT2D eigenvalue weighted by molar-refractivity contribution is -0.159. The normalized spacial score (nSPS) is 18.3. The van der Waals surface area contributed by atoms with Gasteiger partial charge in [-0.05, 0) is 24.5 Å². The summed E-state index contributed by atoms with van der Waals surface area (Å²) in [6.45, 7) is 3.20. The van der Waals surface area contributed by atoms with Gasteiger partial charge in [-0.15, -0.1) is 0 Å². The molecule has 1 aromatic rings. The van der Waals surface area contributed by atoms with Gasteiger partial charge in [0.25, 0.3) is 11.1 Å². The Morgan fingerprint density at radius 1 is 1.25 bits per heavy atom. The van der Waals surface area contributed by atoms with Gasteiger partial charge in [-0.25, -0.2) is 0 Å². The summed E-state index contributed by atoms with van der Waals surface area (Å²) in [5.74, 6) is -0.0440. The second kappa shape index (κ2) is 7.25. The smallest absolute Gasteiger partial charge is 0.326 e. The molecule has 0 N–H and O–H groups in total. The van der Waals surface area contributed by atoms with Crippen molar-refractivity contribution in [3.63, 3.8) is 0 Å². The molecule has 2 aliphatic heterocycles. The second-order valence-corrected chi connectivity index (χ2v) is 6.99. The van der Waals surface area contributed by atoms with E-state index < -0.39 is 12.1 Å². The number of amides is 2. The molecule has 0 saturated carbocycles. The van der Waals surface area contributed by atoms with Gasteiger partial charge in [-0.2, -0.15) is 0 Å². The van der Waals surface area contributed by atoms with E-state index in [1.54, 1.807) is 11.8 Å². The van der Waals surface area contributed by atoms with Crippen LogP contribution < -0.4 is 0 Å². The average molecular weight is 348 g/mol. The van der Waals surface area contributed by atoms with Crippen molar-refractivity contribution in [2.24, 2.45) is 0 Å². The lowest BCUT2D eigenvalue weighted by Crippen LogP contribution is -2.43. The fraction of sp³-hybridized carbons (Fsp3) is 0.471. The molecule has 0 spiro atoms. The van der Waals surface area contributed by atoms with Crippen molar-refractivity contribution >= 4 is 28.9 Å². The standard InChI is InChI=1S/C17H20N2O4S/c1-12(23-15(20)11-19-8-9-24-17(19)22)16(21)18-7-6-13-4-2-3-5-14(13)10-18/h2-5,12H,6-11H2,1H3/t12-/m0/s1. The van der Waals surface area contributed by atoms with Crippen LogP contribution in [0.3, 0.4) is 0 Å². The van der Waals surface area contributed by atoms with Crippen LogP contribution in [0.2, 0.25) is 0 Å². The molecule has 1 aromatic carbocycles. The van der Waals surface area contributed by atoms with Crippen molar-refractivity contribution < 1.29 is 19.1 Å². The number of nitrogens with zero attached hydrogens (tertiary/aromatic N) is 2. The molecule has 128 valence electrons. The Morgan fingerprint density at radius 3 is 2.71 bits per heavy atom. The quantitative estimate of drug-likeness (QED) is 0.775. The molecular weight excluding hydrogens is 328 g/mol. The fourth-order valence-corrected chi connectivity index (χ4v) is 3.78. The second-order valence-electron chi connectivity index (χ2n) is 5.95. The molecule has 6 nitrogen and oxygen atoms in total. The van der Waals surface area contributed by atoms with Crippen LogP contribution in [0.5, 0.6) is 0 Å². The van der Waals surface area contributed by atoms with Gasteiger partial charge in [-0.1, -0.05) is 36.0 Å².